The summed E-state index contributed by atoms with van der Waals surface area (Å²) in [7, 11) is 3.55. The van der Waals surface area contributed by atoms with Gasteiger partial charge in [-0.3, -0.25) is 9.69 Å². The number of hydrogen-bond donors (Lipinski definition) is 0. The number of ether oxygens (including phenoxy) is 1. The Balaban J connectivity index is 1.57. The Morgan fingerprint density at radius 2 is 2.09 bits per heavy atom. The number of carbonyl (C=O) groups is 1. The fraction of sp³-hybridized carbons (Fsp3) is 0.538. The van der Waals surface area contributed by atoms with E-state index in [0.29, 0.717) is 11.9 Å². The van der Waals surface area contributed by atoms with Gasteiger partial charge in [-0.2, -0.15) is 0 Å². The van der Waals surface area contributed by atoms with Crippen LogP contribution >= 0.6 is 0 Å². The van der Waals surface area contributed by atoms with Gasteiger partial charge in [0.25, 0.3) is 5.91 Å². The Labute approximate surface area is 189 Å². The Kier molecular flexibility index (Phi) is 4.35. The van der Waals surface area contributed by atoms with Crippen molar-refractivity contribution in [2.45, 2.75) is 57.7 Å². The maximum Gasteiger partial charge on any atom is 0.265 e. The summed E-state index contributed by atoms with van der Waals surface area (Å²) >= 11 is 0. The molecule has 6 heteroatoms. The van der Waals surface area contributed by atoms with Crippen molar-refractivity contribution in [1.29, 1.82) is 0 Å². The third kappa shape index (κ3) is 2.56. The Bertz CT molecular complexity index is 1180. The minimum atomic E-state index is -0.559. The number of nitrogens with zero attached hydrogens (tertiary/aromatic N) is 4. The maximum absolute atomic E-state index is 12.7. The molecule has 6 nitrogen and oxygen atoms in total. The monoisotopic (exact) mass is 432 g/mol. The van der Waals surface area contributed by atoms with E-state index >= 15 is 0 Å². The van der Waals surface area contributed by atoms with Crippen LogP contribution in [-0.4, -0.2) is 65.5 Å². The molecule has 1 fully saturated rings. The average molecular weight is 433 g/mol. The zero-order valence-electron chi connectivity index (χ0n) is 19.5. The average Bonchev–Trinajstić information content (AvgIpc) is 3.35. The van der Waals surface area contributed by atoms with Crippen molar-refractivity contribution in [2.75, 3.05) is 27.2 Å². The van der Waals surface area contributed by atoms with Crippen molar-refractivity contribution in [3.05, 3.63) is 41.6 Å². The zero-order valence-corrected chi connectivity index (χ0v) is 19.5. The maximum atomic E-state index is 12.7. The number of amides is 1. The number of rotatable bonds is 3. The second kappa shape index (κ2) is 6.95. The molecule has 0 N–H and O–H groups in total. The van der Waals surface area contributed by atoms with E-state index in [0.717, 1.165) is 25.1 Å². The molecular formula is C26H32N4O2. The molecule has 0 aliphatic carbocycles. The molecule has 4 atom stereocenters. The van der Waals surface area contributed by atoms with Crippen LogP contribution in [0.5, 0.6) is 0 Å². The van der Waals surface area contributed by atoms with Gasteiger partial charge < -0.3 is 14.2 Å². The lowest BCUT2D eigenvalue weighted by atomic mass is 9.66. The van der Waals surface area contributed by atoms with Crippen LogP contribution < -0.4 is 0 Å². The summed E-state index contributed by atoms with van der Waals surface area (Å²) in [5.41, 5.74) is 5.25. The van der Waals surface area contributed by atoms with Crippen molar-refractivity contribution >= 4 is 28.4 Å². The van der Waals surface area contributed by atoms with E-state index in [1.165, 1.54) is 41.5 Å². The first-order valence-corrected chi connectivity index (χ1v) is 12.0. The van der Waals surface area contributed by atoms with Gasteiger partial charge in [-0.15, -0.1) is 0 Å². The van der Waals surface area contributed by atoms with E-state index < -0.39 is 6.10 Å². The van der Waals surface area contributed by atoms with E-state index in [-0.39, 0.29) is 17.4 Å². The van der Waals surface area contributed by atoms with Crippen molar-refractivity contribution in [1.82, 2.24) is 14.4 Å². The first-order chi connectivity index (χ1) is 15.4. The highest BCUT2D eigenvalue weighted by molar-refractivity contribution is 6.18. The van der Waals surface area contributed by atoms with Gasteiger partial charge >= 0.3 is 0 Å². The molecule has 0 spiro atoms. The first kappa shape index (κ1) is 20.0. The van der Waals surface area contributed by atoms with Gasteiger partial charge in [-0.1, -0.05) is 25.1 Å². The Morgan fingerprint density at radius 3 is 2.88 bits per heavy atom. The number of benzene rings is 1. The SMILES string of the molecule is CC[C@@]12C=C(C3=NC(C)C(C(=O)N(C)C)O3)n3c4c(c5ccccc53)CCN(CCC1)[C@H]42. The van der Waals surface area contributed by atoms with Gasteiger partial charge in [-0.05, 0) is 56.9 Å². The summed E-state index contributed by atoms with van der Waals surface area (Å²) in [4.78, 5) is 21.9. The molecule has 0 bridgehead atoms. The fourth-order valence-corrected chi connectivity index (χ4v) is 6.58. The summed E-state index contributed by atoms with van der Waals surface area (Å²) in [6, 6.07) is 8.95. The number of fused-ring (bicyclic) bond motifs is 3. The molecule has 4 aliphatic heterocycles. The summed E-state index contributed by atoms with van der Waals surface area (Å²) in [5, 5.41) is 1.35. The number of likely N-dealkylation sites (N-methyl/N-ethyl adjacent to an activating group) is 1. The van der Waals surface area contributed by atoms with Gasteiger partial charge in [0, 0.05) is 37.1 Å². The van der Waals surface area contributed by atoms with Gasteiger partial charge in [0.2, 0.25) is 12.0 Å². The Morgan fingerprint density at radius 1 is 1.28 bits per heavy atom. The van der Waals surface area contributed by atoms with Crippen LogP contribution in [-0.2, 0) is 16.0 Å². The van der Waals surface area contributed by atoms with Crippen molar-refractivity contribution in [3.63, 3.8) is 0 Å². The van der Waals surface area contributed by atoms with Crippen LogP contribution in [0.15, 0.2) is 35.3 Å². The van der Waals surface area contributed by atoms with Crippen LogP contribution in [0.1, 0.15) is 50.4 Å². The van der Waals surface area contributed by atoms with E-state index in [9.17, 15) is 4.79 Å². The molecule has 168 valence electrons. The molecule has 1 saturated heterocycles. The molecule has 1 aromatic carbocycles. The summed E-state index contributed by atoms with van der Waals surface area (Å²) in [6.45, 7) is 6.60. The molecule has 2 unspecified atom stereocenters. The van der Waals surface area contributed by atoms with Crippen LogP contribution in [0.2, 0.25) is 0 Å². The fourth-order valence-electron chi connectivity index (χ4n) is 6.58. The topological polar surface area (TPSA) is 50.1 Å². The van der Waals surface area contributed by atoms with E-state index in [1.807, 2.05) is 6.92 Å². The van der Waals surface area contributed by atoms with Gasteiger partial charge in [-0.25, -0.2) is 4.99 Å². The lowest BCUT2D eigenvalue weighted by molar-refractivity contribution is -0.136. The van der Waals surface area contributed by atoms with Gasteiger partial charge in [0.15, 0.2) is 0 Å². The predicted octanol–water partition coefficient (Wildman–Crippen LogP) is 3.86. The Hall–Kier alpha value is -2.60. The standard InChI is InChI=1S/C26H32N4O2/c1-5-26-12-8-13-29-14-11-18-17-9-6-7-10-19(17)30(21(18)23(26)29)20(15-26)24-27-16(2)22(32-24)25(31)28(3)4/h6-7,9-10,15-16,22-23H,5,8,11-14H2,1-4H3/t16?,22?,23-,26+/m1/s1. The summed E-state index contributed by atoms with van der Waals surface area (Å²) in [6.07, 6.45) is 6.45. The molecule has 32 heavy (non-hydrogen) atoms. The highest BCUT2D eigenvalue weighted by Gasteiger charge is 2.51. The number of carbonyl (C=O) groups excluding carboxylic acids is 1. The van der Waals surface area contributed by atoms with Crippen LogP contribution in [0, 0.1) is 5.41 Å². The van der Waals surface area contributed by atoms with Gasteiger partial charge in [0.05, 0.1) is 17.6 Å². The second-order valence-electron chi connectivity index (χ2n) is 10.1. The quantitative estimate of drug-likeness (QED) is 0.740. The van der Waals surface area contributed by atoms with Gasteiger partial charge in [0.1, 0.15) is 5.70 Å². The number of aliphatic imine (C=N–C) groups is 1. The van der Waals surface area contributed by atoms with Crippen LogP contribution in [0.4, 0.5) is 0 Å². The molecule has 1 amide bonds. The van der Waals surface area contributed by atoms with Crippen LogP contribution in [0.25, 0.3) is 16.6 Å². The molecular weight excluding hydrogens is 400 g/mol. The molecule has 0 radical (unpaired) electrons. The largest absolute Gasteiger partial charge is 0.461 e. The number of piperidine rings is 1. The van der Waals surface area contributed by atoms with E-state index in [1.54, 1.807) is 19.0 Å². The molecule has 2 aromatic rings. The smallest absolute Gasteiger partial charge is 0.265 e. The molecule has 0 saturated carbocycles. The van der Waals surface area contributed by atoms with Crippen molar-refractivity contribution in [3.8, 4) is 0 Å². The molecule has 5 heterocycles. The molecule has 1 aromatic heterocycles. The minimum absolute atomic E-state index is 0.0287. The van der Waals surface area contributed by atoms with Crippen LogP contribution in [0.3, 0.4) is 0 Å². The lowest BCUT2D eigenvalue weighted by Crippen LogP contribution is -2.51. The third-order valence-corrected chi connectivity index (χ3v) is 8.15. The third-order valence-electron chi connectivity index (χ3n) is 8.15. The first-order valence-electron chi connectivity index (χ1n) is 12.0. The number of para-hydroxylation sites is 1. The number of hydrogen-bond acceptors (Lipinski definition) is 4. The minimum Gasteiger partial charge on any atom is -0.461 e. The normalized spacial score (nSPS) is 31.1. The molecule has 6 rings (SSSR count). The summed E-state index contributed by atoms with van der Waals surface area (Å²) < 4.78 is 8.73. The highest BCUT2D eigenvalue weighted by Crippen LogP contribution is 2.57. The van der Waals surface area contributed by atoms with E-state index in [4.69, 9.17) is 9.73 Å². The predicted molar refractivity (Wildman–Crippen MR) is 127 cm³/mol. The molecule has 4 aliphatic rings. The summed E-state index contributed by atoms with van der Waals surface area (Å²) in [5.74, 6) is 0.592. The van der Waals surface area contributed by atoms with E-state index in [2.05, 4.69) is 46.7 Å². The number of aromatic nitrogens is 1. The second-order valence-corrected chi connectivity index (χ2v) is 10.1. The highest BCUT2D eigenvalue weighted by atomic mass is 16.5. The van der Waals surface area contributed by atoms with Crippen molar-refractivity contribution in [2.24, 2.45) is 10.4 Å². The van der Waals surface area contributed by atoms with Crippen molar-refractivity contribution < 1.29 is 9.53 Å². The zero-order chi connectivity index (χ0) is 22.2. The lowest BCUT2D eigenvalue weighted by Gasteiger charge is -2.53.